The fourth-order valence-electron chi connectivity index (χ4n) is 4.60. The number of carbonyl (C=O) groups is 1. The molecule has 5 heteroatoms. The lowest BCUT2D eigenvalue weighted by Gasteiger charge is -2.31. The van der Waals surface area contributed by atoms with Crippen molar-refractivity contribution in [2.24, 2.45) is 5.41 Å². The van der Waals surface area contributed by atoms with Crippen molar-refractivity contribution in [3.63, 3.8) is 0 Å². The number of hydrogen-bond donors (Lipinski definition) is 0. The predicted molar refractivity (Wildman–Crippen MR) is 191 cm³/mol. The third kappa shape index (κ3) is 13.1. The number of hydrogen-bond acceptors (Lipinski definition) is 5. The molecule has 2 aromatic rings. The highest BCUT2D eigenvalue weighted by atomic mass is 32.2. The van der Waals surface area contributed by atoms with Gasteiger partial charge >= 0.3 is 5.97 Å². The lowest BCUT2D eigenvalue weighted by Crippen LogP contribution is -2.21. The Bertz CT molecular complexity index is 1170. The Morgan fingerprint density at radius 3 is 1.53 bits per heavy atom. The lowest BCUT2D eigenvalue weighted by molar-refractivity contribution is -0.145. The molecular weight excluding hydrogens is 569 g/mol. The van der Waals surface area contributed by atoms with Gasteiger partial charge in [-0.1, -0.05) is 103 Å². The molecule has 0 heterocycles. The highest BCUT2D eigenvalue weighted by molar-refractivity contribution is 8.18. The summed E-state index contributed by atoms with van der Waals surface area (Å²) in [6, 6.07) is 11.7. The minimum absolute atomic E-state index is 0.0570. The first-order chi connectivity index (χ1) is 19.4. The summed E-state index contributed by atoms with van der Waals surface area (Å²) in [5.74, 6) is 0.486. The molecule has 244 valence electrons. The van der Waals surface area contributed by atoms with Crippen molar-refractivity contribution in [2.75, 3.05) is 13.2 Å². The predicted octanol–water partition coefficient (Wildman–Crippen LogP) is 11.8. The number of thioether (sulfide) groups is 2. The van der Waals surface area contributed by atoms with Crippen LogP contribution in [0.5, 0.6) is 5.75 Å². The molecule has 0 amide bonds. The van der Waals surface area contributed by atoms with Crippen molar-refractivity contribution in [3.05, 3.63) is 52.6 Å². The van der Waals surface area contributed by atoms with Gasteiger partial charge in [-0.3, -0.25) is 0 Å². The molecule has 0 atom stereocenters. The van der Waals surface area contributed by atoms with Crippen molar-refractivity contribution in [1.82, 2.24) is 0 Å². The summed E-state index contributed by atoms with van der Waals surface area (Å²) in [7, 11) is 0. The van der Waals surface area contributed by atoms with E-state index in [1.165, 1.54) is 20.9 Å². The second-order valence-electron chi connectivity index (χ2n) is 15.9. The topological polar surface area (TPSA) is 35.5 Å². The van der Waals surface area contributed by atoms with Crippen LogP contribution >= 0.6 is 23.5 Å². The molecule has 0 aromatic heterocycles. The van der Waals surface area contributed by atoms with E-state index < -0.39 is 0 Å². The molecule has 0 aliphatic heterocycles. The standard InChI is InChI=1S/C36H56O3S2.C2H6/c1-16-38-30(37)23-39-31-24(22-32(2,3)4)17-27(21-29(31)35(11,12)13)40-36(14,15)41-28-19-25(33(5,6)7)18-26(20-28)34(8,9)10;1-2/h17-21H,16,22-23H2,1-15H3;1-2H3. The van der Waals surface area contributed by atoms with E-state index in [-0.39, 0.29) is 38.3 Å². The Hall–Kier alpha value is -1.59. The molecule has 0 unspecified atom stereocenters. The van der Waals surface area contributed by atoms with Gasteiger partial charge in [-0.05, 0) is 89.8 Å². The van der Waals surface area contributed by atoms with E-state index >= 15 is 0 Å². The maximum absolute atomic E-state index is 12.2. The molecule has 2 aromatic carbocycles. The summed E-state index contributed by atoms with van der Waals surface area (Å²) in [4.78, 5) is 14.7. The summed E-state index contributed by atoms with van der Waals surface area (Å²) in [5, 5.41) is 0. The van der Waals surface area contributed by atoms with E-state index in [9.17, 15) is 4.79 Å². The maximum atomic E-state index is 12.2. The monoisotopic (exact) mass is 630 g/mol. The highest BCUT2D eigenvalue weighted by Crippen LogP contribution is 2.49. The van der Waals surface area contributed by atoms with Crippen molar-refractivity contribution < 1.29 is 14.3 Å². The second kappa shape index (κ2) is 15.1. The van der Waals surface area contributed by atoms with Crippen LogP contribution in [0, 0.1) is 5.41 Å². The molecule has 0 aliphatic carbocycles. The average molecular weight is 631 g/mol. The molecule has 43 heavy (non-hydrogen) atoms. The van der Waals surface area contributed by atoms with Gasteiger partial charge in [0, 0.05) is 15.4 Å². The maximum Gasteiger partial charge on any atom is 0.344 e. The fourth-order valence-corrected chi connectivity index (χ4v) is 7.22. The Morgan fingerprint density at radius 1 is 0.674 bits per heavy atom. The normalized spacial score (nSPS) is 12.9. The van der Waals surface area contributed by atoms with Gasteiger partial charge in [-0.25, -0.2) is 4.79 Å². The second-order valence-corrected chi connectivity index (χ2v) is 19.5. The van der Waals surface area contributed by atoms with Crippen LogP contribution in [-0.2, 0) is 32.2 Å². The molecule has 0 fully saturated rings. The van der Waals surface area contributed by atoms with Crippen LogP contribution in [0.2, 0.25) is 0 Å². The van der Waals surface area contributed by atoms with Gasteiger partial charge in [0.15, 0.2) is 6.61 Å². The number of esters is 1. The molecule has 0 spiro atoms. The zero-order valence-corrected chi connectivity index (χ0v) is 32.2. The molecule has 0 aliphatic rings. The first-order valence-electron chi connectivity index (χ1n) is 15.9. The molecule has 0 radical (unpaired) electrons. The van der Waals surface area contributed by atoms with Crippen molar-refractivity contribution in [2.45, 2.75) is 154 Å². The third-order valence-corrected chi connectivity index (χ3v) is 9.10. The summed E-state index contributed by atoms with van der Waals surface area (Å²) in [5.41, 5.74) is 5.07. The van der Waals surface area contributed by atoms with Crippen LogP contribution in [-0.4, -0.2) is 23.3 Å². The SMILES string of the molecule is CC.CCOC(=O)COc1c(CC(C)(C)C)cc(SC(C)(C)Sc2cc(C(C)(C)C)cc(C(C)(C)C)c2)cc1C(C)(C)C. The van der Waals surface area contributed by atoms with Crippen LogP contribution in [0.15, 0.2) is 40.1 Å². The molecule has 0 N–H and O–H groups in total. The zero-order valence-electron chi connectivity index (χ0n) is 30.5. The molecule has 0 saturated carbocycles. The summed E-state index contributed by atoms with van der Waals surface area (Å²) in [6.45, 7) is 37.8. The van der Waals surface area contributed by atoms with Gasteiger partial charge in [-0.15, -0.1) is 23.5 Å². The van der Waals surface area contributed by atoms with Crippen molar-refractivity contribution in [1.29, 1.82) is 0 Å². The highest BCUT2D eigenvalue weighted by Gasteiger charge is 2.29. The van der Waals surface area contributed by atoms with Crippen LogP contribution in [0.3, 0.4) is 0 Å². The molecule has 3 nitrogen and oxygen atoms in total. The number of ether oxygens (including phenoxy) is 2. The van der Waals surface area contributed by atoms with Crippen LogP contribution < -0.4 is 4.74 Å². The summed E-state index contributed by atoms with van der Waals surface area (Å²) < 4.78 is 11.3. The molecule has 2 rings (SSSR count). The number of rotatable bonds is 9. The lowest BCUT2D eigenvalue weighted by atomic mass is 9.81. The van der Waals surface area contributed by atoms with Gasteiger partial charge in [-0.2, -0.15) is 0 Å². The van der Waals surface area contributed by atoms with E-state index in [2.05, 4.69) is 127 Å². The van der Waals surface area contributed by atoms with Gasteiger partial charge in [0.05, 0.1) is 10.7 Å². The van der Waals surface area contributed by atoms with Gasteiger partial charge < -0.3 is 9.47 Å². The first-order valence-corrected chi connectivity index (χ1v) is 17.5. The quantitative estimate of drug-likeness (QED) is 0.156. The van der Waals surface area contributed by atoms with E-state index in [0.29, 0.717) is 6.61 Å². The van der Waals surface area contributed by atoms with E-state index in [1.807, 2.05) is 44.3 Å². The van der Waals surface area contributed by atoms with Crippen LogP contribution in [0.25, 0.3) is 0 Å². The van der Waals surface area contributed by atoms with Crippen molar-refractivity contribution in [3.8, 4) is 5.75 Å². The third-order valence-electron chi connectivity index (χ3n) is 6.67. The van der Waals surface area contributed by atoms with E-state index in [4.69, 9.17) is 9.47 Å². The Kier molecular flexibility index (Phi) is 13.9. The van der Waals surface area contributed by atoms with Gasteiger partial charge in [0.1, 0.15) is 5.75 Å². The minimum Gasteiger partial charge on any atom is -0.481 e. The minimum atomic E-state index is -0.336. The molecular formula is C38H62O3S2. The molecule has 0 bridgehead atoms. The van der Waals surface area contributed by atoms with Gasteiger partial charge in [0.2, 0.25) is 0 Å². The number of carbonyl (C=O) groups excluding carboxylic acids is 1. The fraction of sp³-hybridized carbons (Fsp3) is 0.658. The Balaban J connectivity index is 0.00000452. The Labute approximate surface area is 274 Å². The molecule has 0 saturated heterocycles. The zero-order chi connectivity index (χ0) is 33.6. The number of benzene rings is 2. The van der Waals surface area contributed by atoms with E-state index in [1.54, 1.807) is 0 Å². The summed E-state index contributed by atoms with van der Waals surface area (Å²) in [6.07, 6.45) is 0.846. The smallest absolute Gasteiger partial charge is 0.344 e. The summed E-state index contributed by atoms with van der Waals surface area (Å²) >= 11 is 3.82. The van der Waals surface area contributed by atoms with E-state index in [0.717, 1.165) is 23.3 Å². The van der Waals surface area contributed by atoms with Crippen LogP contribution in [0.1, 0.15) is 140 Å². The van der Waals surface area contributed by atoms with Crippen LogP contribution in [0.4, 0.5) is 0 Å². The average Bonchev–Trinajstić information content (AvgIpc) is 2.81. The van der Waals surface area contributed by atoms with Crippen molar-refractivity contribution >= 4 is 29.5 Å². The van der Waals surface area contributed by atoms with Gasteiger partial charge in [0.25, 0.3) is 0 Å². The first kappa shape index (κ1) is 39.4. The largest absolute Gasteiger partial charge is 0.481 e. The Morgan fingerprint density at radius 2 is 1.14 bits per heavy atom.